The molecule has 21 heavy (non-hydrogen) atoms. The Balaban J connectivity index is 2.26. The van der Waals surface area contributed by atoms with Gasteiger partial charge < -0.3 is 14.6 Å². The van der Waals surface area contributed by atoms with Crippen LogP contribution in [0.25, 0.3) is 0 Å². The van der Waals surface area contributed by atoms with Crippen molar-refractivity contribution in [1.82, 2.24) is 0 Å². The van der Waals surface area contributed by atoms with Crippen LogP contribution in [-0.2, 0) is 6.42 Å². The molecule has 0 fully saturated rings. The molecule has 0 spiro atoms. The van der Waals surface area contributed by atoms with Gasteiger partial charge in [-0.2, -0.15) is 0 Å². The van der Waals surface area contributed by atoms with Crippen LogP contribution < -0.4 is 9.47 Å². The van der Waals surface area contributed by atoms with E-state index in [1.165, 1.54) is 3.57 Å². The van der Waals surface area contributed by atoms with Gasteiger partial charge in [0.1, 0.15) is 0 Å². The summed E-state index contributed by atoms with van der Waals surface area (Å²) in [6.07, 6.45) is -0.0652. The van der Waals surface area contributed by atoms with Gasteiger partial charge in [-0.1, -0.05) is 28.1 Å². The Morgan fingerprint density at radius 2 is 1.67 bits per heavy atom. The van der Waals surface area contributed by atoms with Crippen LogP contribution >= 0.6 is 38.5 Å². The first-order valence-corrected chi connectivity index (χ1v) is 8.26. The van der Waals surface area contributed by atoms with E-state index in [2.05, 4.69) is 38.5 Å². The summed E-state index contributed by atoms with van der Waals surface area (Å²) in [7, 11) is 3.17. The predicted molar refractivity (Wildman–Crippen MR) is 95.1 cm³/mol. The van der Waals surface area contributed by atoms with E-state index in [1.807, 2.05) is 30.3 Å². The van der Waals surface area contributed by atoms with E-state index in [1.54, 1.807) is 20.3 Å². The zero-order valence-electron chi connectivity index (χ0n) is 11.8. The number of hydrogen-bond acceptors (Lipinski definition) is 3. The molecule has 5 heteroatoms. The topological polar surface area (TPSA) is 38.7 Å². The van der Waals surface area contributed by atoms with Gasteiger partial charge >= 0.3 is 0 Å². The fourth-order valence-electron chi connectivity index (χ4n) is 2.08. The second-order valence-electron chi connectivity index (χ2n) is 4.58. The van der Waals surface area contributed by atoms with Crippen LogP contribution in [0.3, 0.4) is 0 Å². The first-order valence-electron chi connectivity index (χ1n) is 6.39. The van der Waals surface area contributed by atoms with Gasteiger partial charge in [0.15, 0.2) is 11.5 Å². The minimum Gasteiger partial charge on any atom is -0.493 e. The van der Waals surface area contributed by atoms with E-state index in [0.717, 1.165) is 15.6 Å². The van der Waals surface area contributed by atoms with E-state index in [4.69, 9.17) is 9.47 Å². The van der Waals surface area contributed by atoms with E-state index in [0.29, 0.717) is 17.9 Å². The molecule has 0 aromatic heterocycles. The van der Waals surface area contributed by atoms with Crippen LogP contribution in [0.15, 0.2) is 40.9 Å². The lowest BCUT2D eigenvalue weighted by molar-refractivity contribution is 0.177. The highest BCUT2D eigenvalue weighted by Crippen LogP contribution is 2.36. The lowest BCUT2D eigenvalue weighted by Gasteiger charge is -2.16. The van der Waals surface area contributed by atoms with Crippen molar-refractivity contribution >= 4 is 38.5 Å². The van der Waals surface area contributed by atoms with Crippen molar-refractivity contribution in [2.75, 3.05) is 14.2 Å². The monoisotopic (exact) mass is 462 g/mol. The molecule has 1 unspecified atom stereocenters. The second-order valence-corrected chi connectivity index (χ2v) is 6.68. The van der Waals surface area contributed by atoms with Crippen LogP contribution in [-0.4, -0.2) is 19.3 Å². The van der Waals surface area contributed by atoms with Gasteiger partial charge in [0.25, 0.3) is 0 Å². The Hall–Kier alpha value is -0.790. The average molecular weight is 463 g/mol. The molecule has 1 atom stereocenters. The SMILES string of the molecule is COc1cc(Br)c(C(O)Cc2ccc(I)cc2)cc1OC. The standard InChI is InChI=1S/C16H16BrIO3/c1-20-15-8-12(13(17)9-16(15)21-2)14(19)7-10-3-5-11(18)6-4-10/h3-6,8-9,14,19H,7H2,1-2H3. The van der Waals surface area contributed by atoms with Gasteiger partial charge in [0.2, 0.25) is 0 Å². The van der Waals surface area contributed by atoms with E-state index < -0.39 is 6.10 Å². The molecule has 0 aliphatic rings. The summed E-state index contributed by atoms with van der Waals surface area (Å²) in [4.78, 5) is 0. The van der Waals surface area contributed by atoms with E-state index in [9.17, 15) is 5.11 Å². The molecule has 2 rings (SSSR count). The Kier molecular flexibility index (Phi) is 5.89. The van der Waals surface area contributed by atoms with Crippen LogP contribution in [0, 0.1) is 3.57 Å². The second kappa shape index (κ2) is 7.47. The molecule has 2 aromatic carbocycles. The maximum Gasteiger partial charge on any atom is 0.161 e. The van der Waals surface area contributed by atoms with Crippen molar-refractivity contribution in [3.05, 3.63) is 55.6 Å². The third kappa shape index (κ3) is 4.11. The number of aliphatic hydroxyl groups excluding tert-OH is 1. The zero-order chi connectivity index (χ0) is 15.4. The lowest BCUT2D eigenvalue weighted by atomic mass is 10.0. The molecule has 0 aliphatic carbocycles. The summed E-state index contributed by atoms with van der Waals surface area (Å²) in [6.45, 7) is 0. The number of halogens is 2. The molecule has 0 heterocycles. The summed E-state index contributed by atoms with van der Waals surface area (Å²) < 4.78 is 12.5. The van der Waals surface area contributed by atoms with E-state index in [-0.39, 0.29) is 0 Å². The minimum absolute atomic E-state index is 0.547. The molecular formula is C16H16BrIO3. The fourth-order valence-corrected chi connectivity index (χ4v) is 3.03. The number of ether oxygens (including phenoxy) is 2. The molecule has 0 saturated carbocycles. The molecule has 0 bridgehead atoms. The summed E-state index contributed by atoms with van der Waals surface area (Å²) in [6, 6.07) is 11.7. The van der Waals surface area contributed by atoms with Crippen molar-refractivity contribution in [2.24, 2.45) is 0 Å². The third-order valence-corrected chi connectivity index (χ3v) is 4.61. The zero-order valence-corrected chi connectivity index (χ0v) is 15.5. The van der Waals surface area contributed by atoms with Crippen molar-refractivity contribution in [1.29, 1.82) is 0 Å². The normalized spacial score (nSPS) is 12.0. The van der Waals surface area contributed by atoms with Crippen LogP contribution in [0.2, 0.25) is 0 Å². The minimum atomic E-state index is -0.612. The van der Waals surface area contributed by atoms with E-state index >= 15 is 0 Å². The molecule has 112 valence electrons. The molecule has 0 amide bonds. The molecule has 1 N–H and O–H groups in total. The molecular weight excluding hydrogens is 447 g/mol. The van der Waals surface area contributed by atoms with Crippen LogP contribution in [0.1, 0.15) is 17.2 Å². The highest BCUT2D eigenvalue weighted by atomic mass is 127. The van der Waals surface area contributed by atoms with Gasteiger partial charge in [0.05, 0.1) is 20.3 Å². The van der Waals surface area contributed by atoms with Gasteiger partial charge in [0, 0.05) is 14.5 Å². The largest absolute Gasteiger partial charge is 0.493 e. The third-order valence-electron chi connectivity index (χ3n) is 3.20. The first kappa shape index (κ1) is 16.6. The van der Waals surface area contributed by atoms with Gasteiger partial charge in [-0.3, -0.25) is 0 Å². The maximum atomic E-state index is 10.5. The average Bonchev–Trinajstić information content (AvgIpc) is 2.49. The smallest absolute Gasteiger partial charge is 0.161 e. The first-order chi connectivity index (χ1) is 10.0. The number of benzene rings is 2. The highest BCUT2D eigenvalue weighted by Gasteiger charge is 2.16. The fraction of sp³-hybridized carbons (Fsp3) is 0.250. The van der Waals surface area contributed by atoms with Crippen molar-refractivity contribution in [3.8, 4) is 11.5 Å². The molecule has 0 aliphatic heterocycles. The van der Waals surface area contributed by atoms with Crippen molar-refractivity contribution < 1.29 is 14.6 Å². The molecule has 3 nitrogen and oxygen atoms in total. The Morgan fingerprint density at radius 1 is 1.10 bits per heavy atom. The summed E-state index contributed by atoms with van der Waals surface area (Å²) in [5.74, 6) is 1.24. The number of rotatable bonds is 5. The predicted octanol–water partition coefficient (Wildman–Crippen LogP) is 4.35. The van der Waals surface area contributed by atoms with Crippen LogP contribution in [0.5, 0.6) is 11.5 Å². The molecule has 0 radical (unpaired) electrons. The van der Waals surface area contributed by atoms with Crippen molar-refractivity contribution in [2.45, 2.75) is 12.5 Å². The Morgan fingerprint density at radius 3 is 2.24 bits per heavy atom. The Bertz CT molecular complexity index is 614. The summed E-state index contributed by atoms with van der Waals surface area (Å²) >= 11 is 5.74. The number of methoxy groups -OCH3 is 2. The maximum absolute atomic E-state index is 10.5. The summed E-state index contributed by atoms with van der Waals surface area (Å²) in [5, 5.41) is 10.5. The number of hydrogen-bond donors (Lipinski definition) is 1. The van der Waals surface area contributed by atoms with Crippen LogP contribution in [0.4, 0.5) is 0 Å². The Labute approximate surface area is 146 Å². The van der Waals surface area contributed by atoms with Gasteiger partial charge in [-0.25, -0.2) is 0 Å². The molecule has 2 aromatic rings. The highest BCUT2D eigenvalue weighted by molar-refractivity contribution is 14.1. The lowest BCUT2D eigenvalue weighted by Crippen LogP contribution is -2.04. The summed E-state index contributed by atoms with van der Waals surface area (Å²) in [5.41, 5.74) is 1.87. The van der Waals surface area contributed by atoms with Gasteiger partial charge in [-0.05, 0) is 58.0 Å². The quantitative estimate of drug-likeness (QED) is 0.671. The molecule has 0 saturated heterocycles. The number of aliphatic hydroxyl groups is 1. The van der Waals surface area contributed by atoms with Crippen molar-refractivity contribution in [3.63, 3.8) is 0 Å². The van der Waals surface area contributed by atoms with Gasteiger partial charge in [-0.15, -0.1) is 0 Å².